The molecular weight excluding hydrogens is 603 g/mol. The van der Waals surface area contributed by atoms with E-state index in [9.17, 15) is 8.42 Å². The quantitative estimate of drug-likeness (QED) is 0.0611. The van der Waals surface area contributed by atoms with Crippen molar-refractivity contribution in [2.75, 3.05) is 13.2 Å². The molecule has 0 aliphatic carbocycles. The molecule has 1 aromatic heterocycles. The lowest BCUT2D eigenvalue weighted by Crippen LogP contribution is -2.67. The second-order valence-corrected chi connectivity index (χ2v) is 19.7. The average Bonchev–Trinajstić information content (AvgIpc) is 3.48. The Balaban J connectivity index is 1.36. The second-order valence-electron chi connectivity index (χ2n) is 12.9. The van der Waals surface area contributed by atoms with E-state index in [1.165, 1.54) is 10.4 Å². The molecule has 0 saturated heterocycles. The van der Waals surface area contributed by atoms with Crippen LogP contribution in [0.1, 0.15) is 63.7 Å². The van der Waals surface area contributed by atoms with Crippen LogP contribution in [0.25, 0.3) is 0 Å². The van der Waals surface area contributed by atoms with E-state index in [2.05, 4.69) is 113 Å². The summed E-state index contributed by atoms with van der Waals surface area (Å²) in [5, 5.41) is 5.66. The molecule has 234 valence electrons. The van der Waals surface area contributed by atoms with Crippen LogP contribution in [0.5, 0.6) is 0 Å². The van der Waals surface area contributed by atoms with Crippen LogP contribution in [0.4, 0.5) is 0 Å². The fraction of sp³-hybridized carbons (Fsp3) is 0.361. The van der Waals surface area contributed by atoms with E-state index in [-0.39, 0.29) is 22.0 Å². The Hall–Kier alpha value is -2.88. The van der Waals surface area contributed by atoms with Crippen molar-refractivity contribution < 1.29 is 17.0 Å². The molecule has 0 aliphatic rings. The molecule has 0 aliphatic heterocycles. The van der Waals surface area contributed by atoms with Crippen LogP contribution in [0.2, 0.25) is 5.04 Å². The maximum absolute atomic E-state index is 12.3. The van der Waals surface area contributed by atoms with Gasteiger partial charge in [0.15, 0.2) is 0 Å². The van der Waals surface area contributed by atoms with Gasteiger partial charge in [-0.25, -0.2) is 4.98 Å². The number of allylic oxidation sites excluding steroid dienone is 2. The normalized spacial score (nSPS) is 13.0. The summed E-state index contributed by atoms with van der Waals surface area (Å²) in [5.74, 6) is 0. The molecule has 0 fully saturated rings. The predicted octanol–water partition coefficient (Wildman–Crippen LogP) is 7.59. The summed E-state index contributed by atoms with van der Waals surface area (Å²) in [6, 6.07) is 28.2. The molecule has 4 aromatic rings. The van der Waals surface area contributed by atoms with E-state index in [0.29, 0.717) is 13.0 Å². The van der Waals surface area contributed by atoms with E-state index >= 15 is 0 Å². The largest absolute Gasteiger partial charge is 0.406 e. The molecule has 0 bridgehead atoms. The molecule has 1 heterocycles. The maximum atomic E-state index is 12.3. The number of hydrogen-bond donors (Lipinski definition) is 0. The Kier molecular flexibility index (Phi) is 11.2. The van der Waals surface area contributed by atoms with Crippen LogP contribution in [0.3, 0.4) is 0 Å². The minimum atomic E-state index is -3.72. The van der Waals surface area contributed by atoms with Gasteiger partial charge in [-0.3, -0.25) is 4.18 Å². The van der Waals surface area contributed by atoms with E-state index in [0.717, 1.165) is 29.1 Å². The summed E-state index contributed by atoms with van der Waals surface area (Å²) >= 11 is 1.68. The van der Waals surface area contributed by atoms with Gasteiger partial charge < -0.3 is 4.43 Å². The molecule has 0 amide bonds. The molecule has 3 aromatic carbocycles. The lowest BCUT2D eigenvalue weighted by atomic mass is 9.96. The molecule has 5 nitrogen and oxygen atoms in total. The number of unbranched alkanes of at least 4 members (excludes halogenated alkanes) is 1. The number of rotatable bonds is 14. The highest BCUT2D eigenvalue weighted by molar-refractivity contribution is 7.86. The average molecular weight is 648 g/mol. The molecule has 4 rings (SSSR count). The highest BCUT2D eigenvalue weighted by Crippen LogP contribution is 2.38. The standard InChI is InChI=1S/C36H45NO4S2Si/c1-29-22-24-31(25-23-29)43(38,39)40-26-16-8-7-11-17-30-27-42-34(37-30)36(5,6)28-41-44(35(2,3)4,32-18-12-9-13-19-32)33-20-14-10-15-21-33/h7,9-15,18-25,27H,8,16-17,26,28H2,1-6H3/b11-7+. The van der Waals surface area contributed by atoms with Crippen molar-refractivity contribution in [2.24, 2.45) is 0 Å². The third-order valence-corrected chi connectivity index (χ3v) is 15.3. The van der Waals surface area contributed by atoms with Gasteiger partial charge in [-0.1, -0.05) is 125 Å². The smallest absolute Gasteiger partial charge is 0.296 e. The molecule has 0 saturated carbocycles. The number of hydrogen-bond acceptors (Lipinski definition) is 6. The second kappa shape index (κ2) is 14.5. The van der Waals surface area contributed by atoms with Crippen LogP contribution in [0, 0.1) is 6.92 Å². The number of aryl methyl sites for hydroxylation is 1. The van der Waals surface area contributed by atoms with Crippen LogP contribution in [-0.4, -0.2) is 34.9 Å². The van der Waals surface area contributed by atoms with E-state index in [1.54, 1.807) is 35.6 Å². The van der Waals surface area contributed by atoms with Crippen LogP contribution < -0.4 is 10.4 Å². The molecule has 0 N–H and O–H groups in total. The van der Waals surface area contributed by atoms with Gasteiger partial charge in [0.05, 0.1) is 17.2 Å². The predicted molar refractivity (Wildman–Crippen MR) is 185 cm³/mol. The van der Waals surface area contributed by atoms with Gasteiger partial charge in [-0.15, -0.1) is 11.3 Å². The van der Waals surface area contributed by atoms with Gasteiger partial charge in [0.25, 0.3) is 18.4 Å². The SMILES string of the molecule is Cc1ccc(S(=O)(=O)OCCC/C=C/Cc2csc(C(C)(C)CO[Si](c3ccccc3)(c3ccccc3)C(C)(C)C)n2)cc1. The monoisotopic (exact) mass is 647 g/mol. The minimum Gasteiger partial charge on any atom is -0.406 e. The van der Waals surface area contributed by atoms with Crippen molar-refractivity contribution in [1.29, 1.82) is 0 Å². The zero-order chi connectivity index (χ0) is 31.8. The molecule has 0 spiro atoms. The summed E-state index contributed by atoms with van der Waals surface area (Å²) < 4.78 is 37.1. The lowest BCUT2D eigenvalue weighted by Gasteiger charge is -2.44. The zero-order valence-corrected chi connectivity index (χ0v) is 29.4. The van der Waals surface area contributed by atoms with Crippen molar-refractivity contribution in [3.05, 3.63) is 119 Å². The Bertz CT molecular complexity index is 1570. The Morgan fingerprint density at radius 3 is 2.00 bits per heavy atom. The Labute approximate surface area is 269 Å². The van der Waals surface area contributed by atoms with E-state index in [1.807, 2.05) is 6.92 Å². The van der Waals surface area contributed by atoms with Crippen molar-refractivity contribution >= 4 is 40.1 Å². The molecule has 44 heavy (non-hydrogen) atoms. The van der Waals surface area contributed by atoms with Crippen LogP contribution in [-0.2, 0) is 30.6 Å². The molecule has 0 unspecified atom stereocenters. The van der Waals surface area contributed by atoms with Gasteiger partial charge in [-0.2, -0.15) is 8.42 Å². The Morgan fingerprint density at radius 1 is 0.841 bits per heavy atom. The van der Waals surface area contributed by atoms with Gasteiger partial charge in [-0.05, 0) is 47.3 Å². The topological polar surface area (TPSA) is 65.5 Å². The first kappa shape index (κ1) is 34.0. The highest BCUT2D eigenvalue weighted by Gasteiger charge is 2.51. The molecule has 8 heteroatoms. The molecule has 0 radical (unpaired) electrons. The number of thiazole rings is 1. The summed E-state index contributed by atoms with van der Waals surface area (Å²) in [4.78, 5) is 5.19. The fourth-order valence-corrected chi connectivity index (χ4v) is 11.9. The van der Waals surface area contributed by atoms with Crippen molar-refractivity contribution in [3.8, 4) is 0 Å². The first-order valence-corrected chi connectivity index (χ1v) is 19.4. The third-order valence-electron chi connectivity index (χ3n) is 7.75. The zero-order valence-electron chi connectivity index (χ0n) is 26.7. The summed E-state index contributed by atoms with van der Waals surface area (Å²) in [6.45, 7) is 14.0. The highest BCUT2D eigenvalue weighted by atomic mass is 32.2. The Morgan fingerprint density at radius 2 is 1.43 bits per heavy atom. The van der Waals surface area contributed by atoms with Gasteiger partial charge >= 0.3 is 0 Å². The molecule has 0 atom stereocenters. The van der Waals surface area contributed by atoms with Crippen molar-refractivity contribution in [3.63, 3.8) is 0 Å². The van der Waals surface area contributed by atoms with E-state index < -0.39 is 18.4 Å². The van der Waals surface area contributed by atoms with Crippen molar-refractivity contribution in [2.45, 2.75) is 76.2 Å². The fourth-order valence-electron chi connectivity index (χ4n) is 5.29. The maximum Gasteiger partial charge on any atom is 0.296 e. The first-order valence-electron chi connectivity index (χ1n) is 15.2. The first-order chi connectivity index (χ1) is 20.8. The summed E-state index contributed by atoms with van der Waals surface area (Å²) in [7, 11) is -6.36. The molecular formula is C36H45NO4S2Si. The van der Waals surface area contributed by atoms with Crippen molar-refractivity contribution in [1.82, 2.24) is 4.98 Å². The van der Waals surface area contributed by atoms with Crippen LogP contribution in [0.15, 0.2) is 107 Å². The van der Waals surface area contributed by atoms with Gasteiger partial charge in [0, 0.05) is 23.8 Å². The van der Waals surface area contributed by atoms with E-state index in [4.69, 9.17) is 13.6 Å². The number of benzene rings is 3. The summed E-state index contributed by atoms with van der Waals surface area (Å²) in [6.07, 6.45) is 6.25. The van der Waals surface area contributed by atoms with Gasteiger partial charge in [0.1, 0.15) is 5.01 Å². The number of nitrogens with zero attached hydrogens (tertiary/aromatic N) is 1. The third kappa shape index (κ3) is 8.23. The van der Waals surface area contributed by atoms with Crippen LogP contribution >= 0.6 is 11.3 Å². The number of aromatic nitrogens is 1. The minimum absolute atomic E-state index is 0.0828. The summed E-state index contributed by atoms with van der Waals surface area (Å²) in [5.41, 5.74) is 1.77. The van der Waals surface area contributed by atoms with Gasteiger partial charge in [0.2, 0.25) is 0 Å². The lowest BCUT2D eigenvalue weighted by molar-refractivity contribution is 0.226.